The predicted octanol–water partition coefficient (Wildman–Crippen LogP) is 5.46. The second kappa shape index (κ2) is 11.4. The molecule has 3 N–H and O–H groups in total. The van der Waals surface area contributed by atoms with E-state index < -0.39 is 0 Å². The molecule has 6 heteroatoms. The van der Waals surface area contributed by atoms with E-state index in [1.54, 1.807) is 6.20 Å². The molecule has 2 amide bonds. The van der Waals surface area contributed by atoms with E-state index in [2.05, 4.69) is 86.5 Å². The quantitative estimate of drug-likeness (QED) is 0.410. The first-order valence-corrected chi connectivity index (χ1v) is 12.9. The second-order valence-electron chi connectivity index (χ2n) is 9.77. The normalized spacial score (nSPS) is 18.6. The molecule has 1 aliphatic carbocycles. The molecule has 1 unspecified atom stereocenters. The first-order valence-electron chi connectivity index (χ1n) is 12.9. The van der Waals surface area contributed by atoms with Gasteiger partial charge < -0.3 is 20.9 Å². The number of anilines is 2. The van der Waals surface area contributed by atoms with Gasteiger partial charge in [-0.25, -0.2) is 9.78 Å². The third-order valence-corrected chi connectivity index (χ3v) is 7.18. The zero-order valence-electron chi connectivity index (χ0n) is 20.2. The highest BCUT2D eigenvalue weighted by Gasteiger charge is 2.27. The third-order valence-electron chi connectivity index (χ3n) is 7.18. The molecule has 2 aromatic carbocycles. The Morgan fingerprint density at radius 3 is 2.29 bits per heavy atom. The van der Waals surface area contributed by atoms with Gasteiger partial charge in [-0.15, -0.1) is 0 Å². The molecular weight excluding hydrogens is 434 g/mol. The lowest BCUT2D eigenvalue weighted by atomic mass is 9.91. The summed E-state index contributed by atoms with van der Waals surface area (Å²) < 4.78 is 0. The minimum Gasteiger partial charge on any atom is -0.367 e. The number of rotatable bonds is 8. The van der Waals surface area contributed by atoms with Crippen LogP contribution in [0.15, 0.2) is 79.0 Å². The maximum Gasteiger partial charge on any atom is 0.319 e. The van der Waals surface area contributed by atoms with Crippen LogP contribution in [0, 0.1) is 0 Å². The molecule has 2 aliphatic rings. The van der Waals surface area contributed by atoms with Gasteiger partial charge in [0.1, 0.15) is 5.82 Å². The number of nitrogens with zero attached hydrogens (tertiary/aromatic N) is 2. The third kappa shape index (κ3) is 6.40. The number of urea groups is 1. The van der Waals surface area contributed by atoms with E-state index >= 15 is 0 Å². The molecule has 0 bridgehead atoms. The number of nitrogens with one attached hydrogen (secondary N) is 3. The van der Waals surface area contributed by atoms with Gasteiger partial charge in [-0.3, -0.25) is 0 Å². The van der Waals surface area contributed by atoms with Crippen molar-refractivity contribution in [1.82, 2.24) is 15.2 Å². The number of hydrogen-bond donors (Lipinski definition) is 3. The molecule has 2 fully saturated rings. The highest BCUT2D eigenvalue weighted by Crippen LogP contribution is 2.27. The number of pyridine rings is 1. The molecule has 3 aromatic rings. The molecule has 1 saturated heterocycles. The Morgan fingerprint density at radius 1 is 0.914 bits per heavy atom. The van der Waals surface area contributed by atoms with Crippen molar-refractivity contribution in [3.05, 3.63) is 90.1 Å². The molecule has 182 valence electrons. The van der Waals surface area contributed by atoms with Crippen LogP contribution in [-0.4, -0.2) is 47.6 Å². The summed E-state index contributed by atoms with van der Waals surface area (Å²) in [6.07, 6.45) is 7.62. The lowest BCUT2D eigenvalue weighted by Crippen LogP contribution is -2.40. The number of likely N-dealkylation sites (tertiary alicyclic amines) is 1. The van der Waals surface area contributed by atoms with Crippen LogP contribution in [0.25, 0.3) is 0 Å². The topological polar surface area (TPSA) is 69.3 Å². The van der Waals surface area contributed by atoms with Crippen LogP contribution in [0.2, 0.25) is 0 Å². The summed E-state index contributed by atoms with van der Waals surface area (Å²) in [7, 11) is 0. The number of benzene rings is 2. The minimum atomic E-state index is -0.155. The summed E-state index contributed by atoms with van der Waals surface area (Å²) in [6, 6.07) is 25.6. The Balaban J connectivity index is 1.15. The van der Waals surface area contributed by atoms with Gasteiger partial charge in [-0.2, -0.15) is 0 Å². The van der Waals surface area contributed by atoms with E-state index in [0.717, 1.165) is 37.6 Å². The molecule has 1 atom stereocenters. The van der Waals surface area contributed by atoms with Crippen LogP contribution in [0.5, 0.6) is 0 Å². The van der Waals surface area contributed by atoms with E-state index in [0.29, 0.717) is 12.0 Å². The highest BCUT2D eigenvalue weighted by atomic mass is 16.2. The monoisotopic (exact) mass is 469 g/mol. The van der Waals surface area contributed by atoms with Crippen molar-refractivity contribution in [2.24, 2.45) is 0 Å². The molecule has 2 heterocycles. The van der Waals surface area contributed by atoms with E-state index in [-0.39, 0.29) is 12.1 Å². The Bertz CT molecular complexity index is 1040. The van der Waals surface area contributed by atoms with Crippen molar-refractivity contribution in [3.63, 3.8) is 0 Å². The van der Waals surface area contributed by atoms with Gasteiger partial charge in [0.05, 0.1) is 0 Å². The molecule has 1 saturated carbocycles. The number of carbonyl (C=O) groups excluding carboxylic acids is 1. The predicted molar refractivity (Wildman–Crippen MR) is 142 cm³/mol. The van der Waals surface area contributed by atoms with Crippen LogP contribution in [0.3, 0.4) is 0 Å². The van der Waals surface area contributed by atoms with Crippen LogP contribution in [0.4, 0.5) is 16.3 Å². The Kier molecular flexibility index (Phi) is 7.59. The van der Waals surface area contributed by atoms with Crippen LogP contribution < -0.4 is 16.0 Å². The number of aromatic nitrogens is 1. The highest BCUT2D eigenvalue weighted by molar-refractivity contribution is 5.89. The largest absolute Gasteiger partial charge is 0.367 e. The Hall–Kier alpha value is -3.38. The zero-order chi connectivity index (χ0) is 23.9. The van der Waals surface area contributed by atoms with Gasteiger partial charge >= 0.3 is 6.03 Å². The van der Waals surface area contributed by atoms with Gasteiger partial charge in [0.2, 0.25) is 0 Å². The summed E-state index contributed by atoms with van der Waals surface area (Å²) in [6.45, 7) is 2.77. The van der Waals surface area contributed by atoms with Gasteiger partial charge in [-0.05, 0) is 36.5 Å². The van der Waals surface area contributed by atoms with Crippen molar-refractivity contribution in [3.8, 4) is 0 Å². The fraction of sp³-hybridized carbons (Fsp3) is 0.379. The summed E-state index contributed by atoms with van der Waals surface area (Å²) in [4.78, 5) is 19.6. The Labute approximate surface area is 208 Å². The molecular formula is C29H35N5O. The lowest BCUT2D eigenvalue weighted by molar-refractivity contribution is 0.247. The molecule has 6 nitrogen and oxygen atoms in total. The number of hydrogen-bond acceptors (Lipinski definition) is 4. The van der Waals surface area contributed by atoms with Crippen molar-refractivity contribution >= 4 is 17.5 Å². The van der Waals surface area contributed by atoms with Crippen molar-refractivity contribution in [2.45, 2.75) is 50.1 Å². The molecule has 35 heavy (non-hydrogen) atoms. The first-order chi connectivity index (χ1) is 17.2. The van der Waals surface area contributed by atoms with Gasteiger partial charge in [0, 0.05) is 55.6 Å². The van der Waals surface area contributed by atoms with Gasteiger partial charge in [0.15, 0.2) is 0 Å². The van der Waals surface area contributed by atoms with Crippen LogP contribution >= 0.6 is 0 Å². The van der Waals surface area contributed by atoms with Crippen molar-refractivity contribution in [2.75, 3.05) is 30.3 Å². The SMILES string of the molecule is O=C(Nc1ccnc(NC2CCCC2)c1)NC1CCN(CC(c2ccccc2)c2ccccc2)C1. The summed E-state index contributed by atoms with van der Waals surface area (Å²) in [5.74, 6) is 1.14. The maximum atomic E-state index is 12.7. The molecule has 1 aliphatic heterocycles. The first kappa shape index (κ1) is 23.4. The average Bonchev–Trinajstić information content (AvgIpc) is 3.56. The molecule has 5 rings (SSSR count). The fourth-order valence-corrected chi connectivity index (χ4v) is 5.37. The van der Waals surface area contributed by atoms with Crippen LogP contribution in [0.1, 0.15) is 49.1 Å². The average molecular weight is 470 g/mol. The fourth-order valence-electron chi connectivity index (χ4n) is 5.37. The van der Waals surface area contributed by atoms with E-state index in [1.807, 2.05) is 12.1 Å². The molecule has 0 spiro atoms. The van der Waals surface area contributed by atoms with Gasteiger partial charge in [-0.1, -0.05) is 73.5 Å². The van der Waals surface area contributed by atoms with E-state index in [1.165, 1.54) is 36.8 Å². The van der Waals surface area contributed by atoms with E-state index in [9.17, 15) is 4.79 Å². The van der Waals surface area contributed by atoms with Crippen LogP contribution in [-0.2, 0) is 0 Å². The minimum absolute atomic E-state index is 0.139. The van der Waals surface area contributed by atoms with E-state index in [4.69, 9.17) is 0 Å². The number of amides is 2. The second-order valence-corrected chi connectivity index (χ2v) is 9.77. The Morgan fingerprint density at radius 2 is 1.60 bits per heavy atom. The maximum absolute atomic E-state index is 12.7. The summed E-state index contributed by atoms with van der Waals surface area (Å²) in [5, 5.41) is 9.65. The molecule has 0 radical (unpaired) electrons. The summed E-state index contributed by atoms with van der Waals surface area (Å²) in [5.41, 5.74) is 3.42. The smallest absolute Gasteiger partial charge is 0.319 e. The molecule has 1 aromatic heterocycles. The lowest BCUT2D eigenvalue weighted by Gasteiger charge is -2.25. The van der Waals surface area contributed by atoms with Gasteiger partial charge in [0.25, 0.3) is 0 Å². The van der Waals surface area contributed by atoms with Crippen molar-refractivity contribution < 1.29 is 4.79 Å². The zero-order valence-corrected chi connectivity index (χ0v) is 20.2. The van der Waals surface area contributed by atoms with Crippen molar-refractivity contribution in [1.29, 1.82) is 0 Å². The summed E-state index contributed by atoms with van der Waals surface area (Å²) >= 11 is 0. The number of carbonyl (C=O) groups is 1. The standard InChI is InChI=1S/C29H35N5O/c35-29(32-25-15-17-30-28(19-25)31-24-13-7-8-14-24)33-26-16-18-34(20-26)21-27(22-9-3-1-4-10-22)23-11-5-2-6-12-23/h1-6,9-12,15,17,19,24,26-27H,7-8,13-14,16,18,20-21H2,(H3,30,31,32,33,35).